The quantitative estimate of drug-likeness (QED) is 0.227. The zero-order valence-corrected chi connectivity index (χ0v) is 22.3. The van der Waals surface area contributed by atoms with E-state index in [0.29, 0.717) is 52.4 Å². The maximum absolute atomic E-state index is 15.4. The van der Waals surface area contributed by atoms with Crippen LogP contribution >= 0.6 is 11.6 Å². The number of imidazole rings is 1. The number of aromatic nitrogens is 4. The maximum atomic E-state index is 15.4. The van der Waals surface area contributed by atoms with Crippen molar-refractivity contribution in [3.63, 3.8) is 0 Å². The molecule has 5 aromatic rings. The Balaban J connectivity index is 1.24. The number of benzene rings is 3. The monoisotopic (exact) mass is 576 g/mol. The predicted octanol–water partition coefficient (Wildman–Crippen LogP) is 6.08. The van der Waals surface area contributed by atoms with Crippen molar-refractivity contribution < 1.29 is 28.2 Å². The first-order valence-electron chi connectivity index (χ1n) is 12.9. The van der Waals surface area contributed by atoms with E-state index in [1.807, 2.05) is 4.57 Å². The van der Waals surface area contributed by atoms with Crippen LogP contribution in [0.2, 0.25) is 5.02 Å². The van der Waals surface area contributed by atoms with Crippen molar-refractivity contribution in [1.29, 1.82) is 0 Å². The van der Waals surface area contributed by atoms with Crippen LogP contribution in [0, 0.1) is 11.6 Å². The molecule has 1 atom stereocenters. The molecule has 3 aromatic carbocycles. The number of carboxylic acids is 1. The van der Waals surface area contributed by atoms with Crippen molar-refractivity contribution in [3.8, 4) is 17.3 Å². The smallest absolute Gasteiger partial charge is 0.335 e. The molecule has 0 aliphatic carbocycles. The highest BCUT2D eigenvalue weighted by Gasteiger charge is 2.23. The summed E-state index contributed by atoms with van der Waals surface area (Å²) in [4.78, 5) is 24.6. The Morgan fingerprint density at radius 3 is 2.59 bits per heavy atom. The Morgan fingerprint density at radius 2 is 1.85 bits per heavy atom. The van der Waals surface area contributed by atoms with Crippen LogP contribution in [0.4, 0.5) is 8.78 Å². The molecule has 0 bridgehead atoms. The van der Waals surface area contributed by atoms with Crippen LogP contribution in [0.1, 0.15) is 33.7 Å². The fourth-order valence-corrected chi connectivity index (χ4v) is 4.81. The molecule has 1 N–H and O–H groups in total. The molecule has 2 aromatic heterocycles. The summed E-state index contributed by atoms with van der Waals surface area (Å²) in [5, 5.41) is 9.74. The maximum Gasteiger partial charge on any atom is 0.335 e. The van der Waals surface area contributed by atoms with Crippen molar-refractivity contribution in [1.82, 2.24) is 19.5 Å². The van der Waals surface area contributed by atoms with Crippen molar-refractivity contribution in [3.05, 3.63) is 106 Å². The first-order valence-corrected chi connectivity index (χ1v) is 13.2. The number of carboxylic acid groups (broad SMARTS) is 1. The molecular weight excluding hydrogens is 554 g/mol. The molecule has 0 spiro atoms. The van der Waals surface area contributed by atoms with Gasteiger partial charge in [-0.05, 0) is 54.4 Å². The molecule has 0 saturated carbocycles. The van der Waals surface area contributed by atoms with Crippen LogP contribution in [0.25, 0.3) is 22.3 Å². The van der Waals surface area contributed by atoms with Gasteiger partial charge in [-0.1, -0.05) is 29.8 Å². The van der Waals surface area contributed by atoms with Gasteiger partial charge in [-0.3, -0.25) is 0 Å². The van der Waals surface area contributed by atoms with E-state index in [1.165, 1.54) is 30.5 Å². The second-order valence-corrected chi connectivity index (χ2v) is 10.1. The highest BCUT2D eigenvalue weighted by atomic mass is 35.5. The van der Waals surface area contributed by atoms with E-state index in [0.717, 1.165) is 6.42 Å². The van der Waals surface area contributed by atoms with Gasteiger partial charge in [-0.25, -0.2) is 23.5 Å². The van der Waals surface area contributed by atoms with Gasteiger partial charge in [0.1, 0.15) is 24.1 Å². The first kappa shape index (κ1) is 26.8. The molecule has 1 aliphatic heterocycles. The zero-order chi connectivity index (χ0) is 28.5. The summed E-state index contributed by atoms with van der Waals surface area (Å²) < 4.78 is 42.5. The summed E-state index contributed by atoms with van der Waals surface area (Å²) in [7, 11) is 0. The molecule has 0 radical (unpaired) electrons. The number of ether oxygens (including phenoxy) is 2. The van der Waals surface area contributed by atoms with Gasteiger partial charge < -0.3 is 19.1 Å². The highest BCUT2D eigenvalue weighted by molar-refractivity contribution is 6.30. The standard InChI is InChI=1S/C30H23ClF2N4O4/c31-21-5-3-20(24(33)14-21)16-41-30-34-9-7-25(36-30)18-2-1-17(23(32)11-18)13-28-35-26-6-4-19(29(38)39)12-27(26)37(28)15-22-8-10-40-22/h1-7,9,11-12,14,22H,8,10,13,15-16H2,(H,38,39). The SMILES string of the molecule is O=C(O)c1ccc2nc(Cc3ccc(-c4ccnc(OCc5ccc(Cl)cc5F)n4)cc3F)n(CC3CCO3)c2c1. The molecule has 1 aliphatic rings. The Morgan fingerprint density at radius 1 is 1.05 bits per heavy atom. The number of carbonyl (C=O) groups is 1. The van der Waals surface area contributed by atoms with Crippen LogP contribution in [0.3, 0.4) is 0 Å². The minimum absolute atomic E-state index is 0.00257. The molecule has 1 unspecified atom stereocenters. The molecule has 208 valence electrons. The van der Waals surface area contributed by atoms with Crippen molar-refractivity contribution in [2.24, 2.45) is 0 Å². The van der Waals surface area contributed by atoms with E-state index in [2.05, 4.69) is 15.0 Å². The Bertz CT molecular complexity index is 1770. The van der Waals surface area contributed by atoms with Gasteiger partial charge in [-0.15, -0.1) is 0 Å². The van der Waals surface area contributed by atoms with E-state index in [1.54, 1.807) is 36.4 Å². The van der Waals surface area contributed by atoms with Crippen LogP contribution < -0.4 is 4.74 Å². The van der Waals surface area contributed by atoms with Crippen molar-refractivity contribution in [2.45, 2.75) is 32.1 Å². The Kier molecular flexibility index (Phi) is 7.34. The number of hydrogen-bond acceptors (Lipinski definition) is 6. The fraction of sp³-hybridized carbons (Fsp3) is 0.200. The lowest BCUT2D eigenvalue weighted by molar-refractivity contribution is -0.0589. The molecule has 1 fully saturated rings. The first-order chi connectivity index (χ1) is 19.8. The molecule has 0 amide bonds. The molecular formula is C30H23ClF2N4O4. The van der Waals surface area contributed by atoms with Gasteiger partial charge in [-0.2, -0.15) is 4.98 Å². The lowest BCUT2D eigenvalue weighted by Gasteiger charge is -2.27. The highest BCUT2D eigenvalue weighted by Crippen LogP contribution is 2.27. The van der Waals surface area contributed by atoms with E-state index in [4.69, 9.17) is 21.1 Å². The van der Waals surface area contributed by atoms with E-state index in [-0.39, 0.29) is 35.7 Å². The van der Waals surface area contributed by atoms with Crippen LogP contribution in [0.5, 0.6) is 6.01 Å². The van der Waals surface area contributed by atoms with Crippen molar-refractivity contribution >= 4 is 28.6 Å². The minimum Gasteiger partial charge on any atom is -0.478 e. The zero-order valence-electron chi connectivity index (χ0n) is 21.6. The average molecular weight is 577 g/mol. The number of rotatable bonds is 9. The number of aromatic carboxylic acids is 1. The summed E-state index contributed by atoms with van der Waals surface area (Å²) in [6.45, 7) is 1.08. The number of nitrogens with zero attached hydrogens (tertiary/aromatic N) is 4. The third kappa shape index (κ3) is 5.75. The van der Waals surface area contributed by atoms with Crippen LogP contribution in [-0.2, 0) is 24.3 Å². The molecule has 11 heteroatoms. The van der Waals surface area contributed by atoms with Gasteiger partial charge in [0.05, 0.1) is 34.9 Å². The van der Waals surface area contributed by atoms with Crippen LogP contribution in [-0.4, -0.2) is 43.3 Å². The summed E-state index contributed by atoms with van der Waals surface area (Å²) in [5.41, 5.74) is 3.12. The lowest BCUT2D eigenvalue weighted by Crippen LogP contribution is -2.31. The average Bonchev–Trinajstić information content (AvgIpc) is 3.27. The normalized spacial score (nSPS) is 14.7. The predicted molar refractivity (Wildman–Crippen MR) is 147 cm³/mol. The van der Waals surface area contributed by atoms with E-state index in [9.17, 15) is 14.3 Å². The third-order valence-electron chi connectivity index (χ3n) is 6.96. The lowest BCUT2D eigenvalue weighted by atomic mass is 10.1. The van der Waals surface area contributed by atoms with Gasteiger partial charge in [0, 0.05) is 35.4 Å². The molecule has 6 rings (SSSR count). The molecule has 41 heavy (non-hydrogen) atoms. The molecule has 8 nitrogen and oxygen atoms in total. The van der Waals surface area contributed by atoms with Crippen LogP contribution in [0.15, 0.2) is 66.9 Å². The third-order valence-corrected chi connectivity index (χ3v) is 7.19. The van der Waals surface area contributed by atoms with E-state index < -0.39 is 17.6 Å². The van der Waals surface area contributed by atoms with E-state index >= 15 is 4.39 Å². The molecule has 1 saturated heterocycles. The number of fused-ring (bicyclic) bond motifs is 1. The second-order valence-electron chi connectivity index (χ2n) is 9.66. The molecule has 3 heterocycles. The van der Waals surface area contributed by atoms with Gasteiger partial charge in [0.25, 0.3) is 0 Å². The second kappa shape index (κ2) is 11.2. The topological polar surface area (TPSA) is 99.4 Å². The number of halogens is 3. The summed E-state index contributed by atoms with van der Waals surface area (Å²) in [6.07, 6.45) is 2.57. The van der Waals surface area contributed by atoms with Crippen molar-refractivity contribution in [2.75, 3.05) is 6.61 Å². The Hall–Kier alpha value is -4.41. The summed E-state index contributed by atoms with van der Waals surface area (Å²) in [6, 6.07) is 15.5. The largest absolute Gasteiger partial charge is 0.478 e. The van der Waals surface area contributed by atoms with Gasteiger partial charge in [0.15, 0.2) is 0 Å². The fourth-order valence-electron chi connectivity index (χ4n) is 4.65. The summed E-state index contributed by atoms with van der Waals surface area (Å²) >= 11 is 5.80. The van der Waals surface area contributed by atoms with Gasteiger partial charge >= 0.3 is 12.0 Å². The minimum atomic E-state index is -1.03. The summed E-state index contributed by atoms with van der Waals surface area (Å²) in [5.74, 6) is -1.37. The Labute approximate surface area is 238 Å². The number of hydrogen-bond donors (Lipinski definition) is 1. The van der Waals surface area contributed by atoms with Gasteiger partial charge in [0.2, 0.25) is 0 Å².